The van der Waals surface area contributed by atoms with E-state index in [1.807, 2.05) is 0 Å². The summed E-state index contributed by atoms with van der Waals surface area (Å²) in [5, 5.41) is 3.63. The van der Waals surface area contributed by atoms with E-state index in [2.05, 4.69) is 5.32 Å². The fourth-order valence-corrected chi connectivity index (χ4v) is 2.88. The van der Waals surface area contributed by atoms with E-state index in [9.17, 15) is 9.59 Å². The lowest BCUT2D eigenvalue weighted by Crippen LogP contribution is -2.32. The standard InChI is InChI=1S/C16H8Cl4N2O2/c17-8-2-1-3-9(6-8)21-14-13(20)15(23)22(16(14)24)10-4-5-11(18)12(19)7-10/h1-7,21H. The minimum atomic E-state index is -0.649. The Hall–Kier alpha value is -1.72. The van der Waals surface area contributed by atoms with Crippen LogP contribution in [0.15, 0.2) is 53.2 Å². The van der Waals surface area contributed by atoms with Gasteiger partial charge in [0.05, 0.1) is 15.7 Å². The molecule has 1 aliphatic rings. The average Bonchev–Trinajstić information content (AvgIpc) is 2.74. The van der Waals surface area contributed by atoms with Crippen molar-refractivity contribution in [1.29, 1.82) is 0 Å². The van der Waals surface area contributed by atoms with Crippen molar-refractivity contribution in [2.75, 3.05) is 10.2 Å². The number of amides is 2. The van der Waals surface area contributed by atoms with Gasteiger partial charge in [0.1, 0.15) is 10.7 Å². The van der Waals surface area contributed by atoms with Gasteiger partial charge in [-0.3, -0.25) is 9.59 Å². The fourth-order valence-electron chi connectivity index (χ4n) is 2.18. The van der Waals surface area contributed by atoms with Crippen LogP contribution in [0.5, 0.6) is 0 Å². The van der Waals surface area contributed by atoms with Crippen molar-refractivity contribution in [3.63, 3.8) is 0 Å². The number of nitrogens with one attached hydrogen (secondary N) is 1. The molecule has 2 aromatic carbocycles. The van der Waals surface area contributed by atoms with Gasteiger partial charge in [-0.15, -0.1) is 0 Å². The van der Waals surface area contributed by atoms with Crippen LogP contribution in [0.3, 0.4) is 0 Å². The molecule has 1 aliphatic heterocycles. The highest BCUT2D eigenvalue weighted by atomic mass is 35.5. The molecule has 0 spiro atoms. The van der Waals surface area contributed by atoms with E-state index in [-0.39, 0.29) is 21.4 Å². The summed E-state index contributed by atoms with van der Waals surface area (Å²) in [5.74, 6) is -1.24. The van der Waals surface area contributed by atoms with Crippen LogP contribution in [0.1, 0.15) is 0 Å². The second kappa shape index (κ2) is 6.65. The number of carbonyl (C=O) groups is 2. The van der Waals surface area contributed by atoms with E-state index in [0.717, 1.165) is 4.90 Å². The maximum absolute atomic E-state index is 12.6. The van der Waals surface area contributed by atoms with Crippen molar-refractivity contribution in [2.24, 2.45) is 0 Å². The third-order valence-corrected chi connectivity index (χ3v) is 4.61. The molecular weight excluding hydrogens is 394 g/mol. The summed E-state index contributed by atoms with van der Waals surface area (Å²) in [6.07, 6.45) is 0. The molecule has 0 aromatic heterocycles. The first-order valence-corrected chi connectivity index (χ1v) is 8.16. The molecule has 0 bridgehead atoms. The molecule has 1 N–H and O–H groups in total. The lowest BCUT2D eigenvalue weighted by molar-refractivity contribution is -0.120. The first-order chi connectivity index (χ1) is 11.4. The molecule has 2 aromatic rings. The SMILES string of the molecule is O=C1C(Cl)=C(Nc2cccc(Cl)c2)C(=O)N1c1ccc(Cl)c(Cl)c1. The third kappa shape index (κ3) is 3.10. The maximum Gasteiger partial charge on any atom is 0.283 e. The molecule has 8 heteroatoms. The number of carbonyl (C=O) groups excluding carboxylic acids is 2. The maximum atomic E-state index is 12.6. The van der Waals surface area contributed by atoms with Gasteiger partial charge in [-0.1, -0.05) is 52.5 Å². The molecule has 0 saturated carbocycles. The summed E-state index contributed by atoms with van der Waals surface area (Å²) in [6.45, 7) is 0. The van der Waals surface area contributed by atoms with E-state index in [1.54, 1.807) is 24.3 Å². The minimum absolute atomic E-state index is 0.0324. The van der Waals surface area contributed by atoms with Crippen LogP contribution in [-0.4, -0.2) is 11.8 Å². The van der Waals surface area contributed by atoms with Gasteiger partial charge in [-0.05, 0) is 36.4 Å². The summed E-state index contributed by atoms with van der Waals surface area (Å²) in [4.78, 5) is 25.9. The number of hydrogen-bond acceptors (Lipinski definition) is 3. The number of nitrogens with zero attached hydrogens (tertiary/aromatic N) is 1. The Kier molecular flexibility index (Phi) is 4.74. The molecule has 0 saturated heterocycles. The number of anilines is 2. The van der Waals surface area contributed by atoms with Crippen molar-refractivity contribution < 1.29 is 9.59 Å². The van der Waals surface area contributed by atoms with Crippen molar-refractivity contribution in [3.8, 4) is 0 Å². The summed E-state index contributed by atoms with van der Waals surface area (Å²) >= 11 is 23.8. The molecule has 0 radical (unpaired) electrons. The molecule has 2 amide bonds. The van der Waals surface area contributed by atoms with E-state index in [4.69, 9.17) is 46.4 Å². The minimum Gasteiger partial charge on any atom is -0.350 e. The molecule has 24 heavy (non-hydrogen) atoms. The number of imide groups is 1. The van der Waals surface area contributed by atoms with Crippen LogP contribution >= 0.6 is 46.4 Å². The normalized spacial score (nSPS) is 14.6. The Bertz CT molecular complexity index is 895. The quantitative estimate of drug-likeness (QED) is 0.729. The van der Waals surface area contributed by atoms with Crippen LogP contribution in [-0.2, 0) is 9.59 Å². The van der Waals surface area contributed by atoms with Gasteiger partial charge in [0.2, 0.25) is 0 Å². The van der Waals surface area contributed by atoms with Crippen LogP contribution < -0.4 is 10.2 Å². The van der Waals surface area contributed by atoms with Crippen LogP contribution in [0.2, 0.25) is 15.1 Å². The number of benzene rings is 2. The molecule has 1 heterocycles. The average molecular weight is 402 g/mol. The summed E-state index contributed by atoms with van der Waals surface area (Å²) in [7, 11) is 0. The lowest BCUT2D eigenvalue weighted by Gasteiger charge is -2.15. The topological polar surface area (TPSA) is 49.4 Å². The zero-order valence-corrected chi connectivity index (χ0v) is 14.8. The zero-order valence-electron chi connectivity index (χ0n) is 11.8. The van der Waals surface area contributed by atoms with Crippen LogP contribution in [0.4, 0.5) is 11.4 Å². The Morgan fingerprint density at radius 2 is 1.58 bits per heavy atom. The summed E-state index contributed by atoms with van der Waals surface area (Å²) in [5.41, 5.74) is 0.781. The van der Waals surface area contributed by atoms with E-state index in [0.29, 0.717) is 15.7 Å². The number of rotatable bonds is 3. The van der Waals surface area contributed by atoms with E-state index < -0.39 is 11.8 Å². The predicted octanol–water partition coefficient (Wildman–Crippen LogP) is 5.08. The van der Waals surface area contributed by atoms with Gasteiger partial charge in [0.25, 0.3) is 11.8 Å². The van der Waals surface area contributed by atoms with Crippen molar-refractivity contribution >= 4 is 69.6 Å². The monoisotopic (exact) mass is 400 g/mol. The van der Waals surface area contributed by atoms with Crippen LogP contribution in [0, 0.1) is 0 Å². The third-order valence-electron chi connectivity index (χ3n) is 3.28. The Balaban J connectivity index is 1.94. The van der Waals surface area contributed by atoms with Gasteiger partial charge >= 0.3 is 0 Å². The highest BCUT2D eigenvalue weighted by molar-refractivity contribution is 6.53. The molecule has 0 unspecified atom stereocenters. The first-order valence-electron chi connectivity index (χ1n) is 6.64. The Morgan fingerprint density at radius 3 is 2.25 bits per heavy atom. The smallest absolute Gasteiger partial charge is 0.283 e. The van der Waals surface area contributed by atoms with Crippen LogP contribution in [0.25, 0.3) is 0 Å². The van der Waals surface area contributed by atoms with Gasteiger partial charge in [-0.25, -0.2) is 4.90 Å². The first kappa shape index (κ1) is 17.1. The molecule has 0 fully saturated rings. The number of hydrogen-bond donors (Lipinski definition) is 1. The summed E-state index contributed by atoms with van der Waals surface area (Å²) in [6, 6.07) is 11.1. The van der Waals surface area contributed by atoms with Gasteiger partial charge in [-0.2, -0.15) is 0 Å². The molecule has 0 aliphatic carbocycles. The van der Waals surface area contributed by atoms with Gasteiger partial charge in [0, 0.05) is 10.7 Å². The highest BCUT2D eigenvalue weighted by Crippen LogP contribution is 2.33. The summed E-state index contributed by atoms with van der Waals surface area (Å²) < 4.78 is 0. The number of halogens is 4. The molecule has 0 atom stereocenters. The zero-order chi connectivity index (χ0) is 17.4. The van der Waals surface area contributed by atoms with Crippen molar-refractivity contribution in [3.05, 3.63) is 68.3 Å². The van der Waals surface area contributed by atoms with E-state index >= 15 is 0 Å². The molecule has 3 rings (SSSR count). The fraction of sp³-hybridized carbons (Fsp3) is 0. The van der Waals surface area contributed by atoms with Gasteiger partial charge < -0.3 is 5.32 Å². The lowest BCUT2D eigenvalue weighted by atomic mass is 10.3. The Morgan fingerprint density at radius 1 is 0.833 bits per heavy atom. The van der Waals surface area contributed by atoms with Crippen molar-refractivity contribution in [2.45, 2.75) is 0 Å². The molecule has 122 valence electrons. The largest absolute Gasteiger partial charge is 0.350 e. The molecule has 4 nitrogen and oxygen atoms in total. The highest BCUT2D eigenvalue weighted by Gasteiger charge is 2.39. The molecular formula is C16H8Cl4N2O2. The second-order valence-corrected chi connectivity index (χ2v) is 6.50. The van der Waals surface area contributed by atoms with E-state index in [1.165, 1.54) is 18.2 Å². The second-order valence-electron chi connectivity index (χ2n) is 4.87. The Labute approximate surface area is 157 Å². The van der Waals surface area contributed by atoms with Crippen molar-refractivity contribution in [1.82, 2.24) is 0 Å². The predicted molar refractivity (Wildman–Crippen MR) is 96.9 cm³/mol. The van der Waals surface area contributed by atoms with Gasteiger partial charge in [0.15, 0.2) is 0 Å².